The lowest BCUT2D eigenvalue weighted by atomic mass is 9.75. The lowest BCUT2D eigenvalue weighted by Crippen LogP contribution is -2.25. The number of rotatable bonds is 25. The molecular weight excluding hydrogens is 528 g/mol. The lowest BCUT2D eigenvalue weighted by molar-refractivity contribution is 0.364. The first-order chi connectivity index (χ1) is 20.2. The molecule has 252 valence electrons. The number of ether oxygens (including phenoxy) is 1. The van der Waals surface area contributed by atoms with Gasteiger partial charge in [0.15, 0.2) is 0 Å². The van der Waals surface area contributed by atoms with Crippen molar-refractivity contribution in [2.45, 2.75) is 194 Å². The number of benzene rings is 1. The Hall–Kier alpha value is -1.26. The van der Waals surface area contributed by atoms with Crippen molar-refractivity contribution >= 4 is 0 Å². The van der Waals surface area contributed by atoms with Gasteiger partial charge in [-0.15, -0.1) is 0 Å². The quantitative estimate of drug-likeness (QED) is 0.0972. The Morgan fingerprint density at radius 2 is 0.930 bits per heavy atom. The Bertz CT molecular complexity index is 861. The van der Waals surface area contributed by atoms with Crippen LogP contribution in [0.2, 0.25) is 0 Å². The molecule has 43 heavy (non-hydrogen) atoms. The second-order valence-corrected chi connectivity index (χ2v) is 15.7. The average molecular weight is 603 g/mol. The van der Waals surface area contributed by atoms with Gasteiger partial charge < -0.3 is 21.3 Å². The van der Waals surface area contributed by atoms with E-state index < -0.39 is 0 Å². The van der Waals surface area contributed by atoms with Gasteiger partial charge in [-0.05, 0) is 60.5 Å². The fourth-order valence-electron chi connectivity index (χ4n) is 6.41. The molecule has 0 spiro atoms. The van der Waals surface area contributed by atoms with Gasteiger partial charge in [-0.1, -0.05) is 145 Å². The maximum atomic E-state index is 11.2. The van der Waals surface area contributed by atoms with E-state index in [1.54, 1.807) is 7.11 Å². The van der Waals surface area contributed by atoms with Crippen LogP contribution in [-0.4, -0.2) is 24.3 Å². The largest absolute Gasteiger partial charge is 0.508 e. The van der Waals surface area contributed by atoms with Crippen LogP contribution in [0, 0.1) is 11.8 Å². The van der Waals surface area contributed by atoms with Crippen LogP contribution in [0.25, 0.3) is 0 Å². The van der Waals surface area contributed by atoms with E-state index in [0.717, 1.165) is 42.6 Å². The molecule has 1 rings (SSSR count). The highest BCUT2D eigenvalue weighted by Crippen LogP contribution is 2.44. The molecule has 0 aliphatic carbocycles. The molecule has 0 heterocycles. The minimum Gasteiger partial charge on any atom is -0.508 e. The van der Waals surface area contributed by atoms with Crippen molar-refractivity contribution in [2.75, 3.05) is 7.11 Å². The van der Waals surface area contributed by atoms with Gasteiger partial charge in [0.25, 0.3) is 0 Å². The topological polar surface area (TPSA) is 81.5 Å². The number of phenolic OH excluding ortho intramolecular Hbond substituents is 1. The number of phenols is 1. The highest BCUT2D eigenvalue weighted by atomic mass is 16.5. The Morgan fingerprint density at radius 3 is 1.30 bits per heavy atom. The van der Waals surface area contributed by atoms with E-state index >= 15 is 0 Å². The molecule has 0 fully saturated rings. The second kappa shape index (κ2) is 20.7. The summed E-state index contributed by atoms with van der Waals surface area (Å²) in [4.78, 5) is 0. The van der Waals surface area contributed by atoms with Gasteiger partial charge in [-0.25, -0.2) is 0 Å². The van der Waals surface area contributed by atoms with E-state index in [1.807, 2.05) is 6.07 Å². The molecule has 2 unspecified atom stereocenters. The summed E-state index contributed by atoms with van der Waals surface area (Å²) in [6.07, 6.45) is 22.4. The zero-order valence-corrected chi connectivity index (χ0v) is 30.2. The Kier molecular flexibility index (Phi) is 19.1. The van der Waals surface area contributed by atoms with E-state index in [1.165, 1.54) is 89.9 Å². The SMILES string of the molecule is COc1cc(C(C)(C)CCCCCCCCCC(N)C(C)C)c(O)cc1C(C)(C)CCCCCCCCCC(N)C(C)C. The summed E-state index contributed by atoms with van der Waals surface area (Å²) in [5.41, 5.74) is 14.4. The first-order valence-corrected chi connectivity index (χ1v) is 18.2. The van der Waals surface area contributed by atoms with E-state index in [4.69, 9.17) is 16.2 Å². The third kappa shape index (κ3) is 15.5. The molecule has 0 amide bonds. The van der Waals surface area contributed by atoms with Crippen molar-refractivity contribution in [3.05, 3.63) is 23.3 Å². The maximum absolute atomic E-state index is 11.2. The predicted octanol–water partition coefficient (Wildman–Crippen LogP) is 10.9. The standard InChI is InChI=1S/C39H74N2O2/c1-30(2)34(40)24-20-16-12-10-14-18-22-26-38(5,6)32-29-37(43-9)33(28-36(32)42)39(7,8)27-23-19-15-11-13-17-21-25-35(41)31(3)4/h28-31,34-35,42H,10-27,40-41H2,1-9H3. The van der Waals surface area contributed by atoms with Crippen molar-refractivity contribution in [3.8, 4) is 11.5 Å². The summed E-state index contributed by atoms with van der Waals surface area (Å²) < 4.78 is 5.93. The van der Waals surface area contributed by atoms with Crippen LogP contribution in [0.3, 0.4) is 0 Å². The molecule has 4 nitrogen and oxygen atoms in total. The molecule has 1 aromatic carbocycles. The van der Waals surface area contributed by atoms with Crippen molar-refractivity contribution in [2.24, 2.45) is 23.3 Å². The van der Waals surface area contributed by atoms with Gasteiger partial charge in [-0.3, -0.25) is 0 Å². The molecule has 2 atom stereocenters. The van der Waals surface area contributed by atoms with E-state index in [0.29, 0.717) is 29.7 Å². The minimum atomic E-state index is -0.0904. The van der Waals surface area contributed by atoms with Crippen LogP contribution in [0.1, 0.15) is 182 Å². The van der Waals surface area contributed by atoms with E-state index in [9.17, 15) is 5.11 Å². The Morgan fingerprint density at radius 1 is 0.581 bits per heavy atom. The zero-order chi connectivity index (χ0) is 32.5. The molecule has 0 saturated carbocycles. The van der Waals surface area contributed by atoms with Crippen molar-refractivity contribution < 1.29 is 9.84 Å². The van der Waals surface area contributed by atoms with Gasteiger partial charge in [-0.2, -0.15) is 0 Å². The molecular formula is C39H74N2O2. The molecule has 0 aliphatic heterocycles. The fraction of sp³-hybridized carbons (Fsp3) is 0.846. The Balaban J connectivity index is 2.48. The van der Waals surface area contributed by atoms with Crippen LogP contribution in [0.5, 0.6) is 11.5 Å². The highest BCUT2D eigenvalue weighted by Gasteiger charge is 2.30. The van der Waals surface area contributed by atoms with Crippen molar-refractivity contribution in [3.63, 3.8) is 0 Å². The third-order valence-electron chi connectivity index (χ3n) is 10.2. The number of methoxy groups -OCH3 is 1. The number of hydrogen-bond donors (Lipinski definition) is 3. The second-order valence-electron chi connectivity index (χ2n) is 15.7. The molecule has 0 aromatic heterocycles. The predicted molar refractivity (Wildman–Crippen MR) is 189 cm³/mol. The average Bonchev–Trinajstić information content (AvgIpc) is 2.94. The van der Waals surface area contributed by atoms with E-state index in [2.05, 4.69) is 61.5 Å². The van der Waals surface area contributed by atoms with Crippen LogP contribution in [-0.2, 0) is 10.8 Å². The Labute approximate surface area is 268 Å². The minimum absolute atomic E-state index is 0.0433. The molecule has 0 aliphatic rings. The fourth-order valence-corrected chi connectivity index (χ4v) is 6.41. The maximum Gasteiger partial charge on any atom is 0.123 e. The smallest absolute Gasteiger partial charge is 0.123 e. The molecule has 0 radical (unpaired) electrons. The van der Waals surface area contributed by atoms with Crippen molar-refractivity contribution in [1.29, 1.82) is 0 Å². The van der Waals surface area contributed by atoms with Gasteiger partial charge in [0.2, 0.25) is 0 Å². The first kappa shape index (κ1) is 39.8. The first-order valence-electron chi connectivity index (χ1n) is 18.2. The molecule has 1 aromatic rings. The summed E-state index contributed by atoms with van der Waals surface area (Å²) in [7, 11) is 1.77. The monoisotopic (exact) mass is 603 g/mol. The summed E-state index contributed by atoms with van der Waals surface area (Å²) in [5, 5.41) is 11.2. The van der Waals surface area contributed by atoms with Crippen LogP contribution >= 0.6 is 0 Å². The molecule has 4 heteroatoms. The van der Waals surface area contributed by atoms with E-state index in [-0.39, 0.29) is 10.8 Å². The molecule has 0 bridgehead atoms. The summed E-state index contributed by atoms with van der Waals surface area (Å²) >= 11 is 0. The summed E-state index contributed by atoms with van der Waals surface area (Å²) in [5.74, 6) is 2.52. The number of aromatic hydroxyl groups is 1. The molecule has 5 N–H and O–H groups in total. The molecule has 0 saturated heterocycles. The third-order valence-corrected chi connectivity index (χ3v) is 10.2. The zero-order valence-electron chi connectivity index (χ0n) is 30.2. The van der Waals surface area contributed by atoms with Gasteiger partial charge >= 0.3 is 0 Å². The normalized spacial score (nSPS) is 14.1. The van der Waals surface area contributed by atoms with Gasteiger partial charge in [0, 0.05) is 23.2 Å². The van der Waals surface area contributed by atoms with Gasteiger partial charge in [0.05, 0.1) is 7.11 Å². The summed E-state index contributed by atoms with van der Waals surface area (Å²) in [6.45, 7) is 18.0. The lowest BCUT2D eigenvalue weighted by Gasteiger charge is -2.31. The number of nitrogens with two attached hydrogens (primary N) is 2. The number of hydrogen-bond acceptors (Lipinski definition) is 4. The van der Waals surface area contributed by atoms with Crippen LogP contribution in [0.15, 0.2) is 12.1 Å². The van der Waals surface area contributed by atoms with Gasteiger partial charge in [0.1, 0.15) is 11.5 Å². The van der Waals surface area contributed by atoms with Crippen LogP contribution < -0.4 is 16.2 Å². The summed E-state index contributed by atoms with van der Waals surface area (Å²) in [6, 6.07) is 4.84. The number of unbranched alkanes of at least 4 members (excludes halogenated alkanes) is 12. The van der Waals surface area contributed by atoms with Crippen LogP contribution in [0.4, 0.5) is 0 Å². The van der Waals surface area contributed by atoms with Crippen molar-refractivity contribution in [1.82, 2.24) is 0 Å². The highest BCUT2D eigenvalue weighted by molar-refractivity contribution is 5.51.